The minimum atomic E-state index is -0.320. The van der Waals surface area contributed by atoms with Crippen molar-refractivity contribution in [1.82, 2.24) is 10.2 Å². The van der Waals surface area contributed by atoms with Crippen LogP contribution in [0, 0.1) is 12.7 Å². The molecule has 0 aromatic heterocycles. The third-order valence-corrected chi connectivity index (χ3v) is 3.07. The summed E-state index contributed by atoms with van der Waals surface area (Å²) in [6.07, 6.45) is 0. The highest BCUT2D eigenvalue weighted by molar-refractivity contribution is 5.94. The molecular formula is C13H17FN2O. The van der Waals surface area contributed by atoms with E-state index in [0.29, 0.717) is 30.3 Å². The molecule has 1 aromatic carbocycles. The minimum absolute atomic E-state index is 0.0859. The molecule has 0 unspecified atom stereocenters. The van der Waals surface area contributed by atoms with Crippen molar-refractivity contribution in [3.05, 3.63) is 35.1 Å². The number of carbonyl (C=O) groups is 1. The fourth-order valence-electron chi connectivity index (χ4n) is 2.03. The standard InChI is InChI=1S/C13H17FN2O/c1-9-3-4-11(7-12(9)14)13(17)16-6-5-15-10(2)8-16/h3-4,7,10,15H,5-6,8H2,1-2H3/t10-/m0/s1. The van der Waals surface area contributed by atoms with Gasteiger partial charge < -0.3 is 10.2 Å². The van der Waals surface area contributed by atoms with Gasteiger partial charge in [-0.3, -0.25) is 4.79 Å². The molecule has 1 aliphatic rings. The zero-order chi connectivity index (χ0) is 12.4. The lowest BCUT2D eigenvalue weighted by molar-refractivity contribution is 0.0708. The molecule has 4 heteroatoms. The molecule has 1 amide bonds. The van der Waals surface area contributed by atoms with Crippen LogP contribution in [0.2, 0.25) is 0 Å². The summed E-state index contributed by atoms with van der Waals surface area (Å²) in [7, 11) is 0. The van der Waals surface area contributed by atoms with Gasteiger partial charge in [-0.25, -0.2) is 4.39 Å². The van der Waals surface area contributed by atoms with Crippen LogP contribution in [0.3, 0.4) is 0 Å². The van der Waals surface area contributed by atoms with Gasteiger partial charge in [-0.15, -0.1) is 0 Å². The van der Waals surface area contributed by atoms with Gasteiger partial charge in [0.25, 0.3) is 5.91 Å². The quantitative estimate of drug-likeness (QED) is 0.802. The van der Waals surface area contributed by atoms with Gasteiger partial charge in [-0.1, -0.05) is 6.07 Å². The van der Waals surface area contributed by atoms with Gasteiger partial charge in [0.2, 0.25) is 0 Å². The van der Waals surface area contributed by atoms with Gasteiger partial charge in [0.1, 0.15) is 5.82 Å². The van der Waals surface area contributed by atoms with Crippen molar-refractivity contribution in [1.29, 1.82) is 0 Å². The number of nitrogens with zero attached hydrogens (tertiary/aromatic N) is 1. The number of amides is 1. The largest absolute Gasteiger partial charge is 0.336 e. The lowest BCUT2D eigenvalue weighted by atomic mass is 10.1. The Balaban J connectivity index is 2.15. The van der Waals surface area contributed by atoms with Crippen LogP contribution in [0.4, 0.5) is 4.39 Å². The molecule has 1 N–H and O–H groups in total. The van der Waals surface area contributed by atoms with Gasteiger partial charge in [-0.2, -0.15) is 0 Å². The number of rotatable bonds is 1. The summed E-state index contributed by atoms with van der Waals surface area (Å²) in [4.78, 5) is 13.9. The Morgan fingerprint density at radius 1 is 1.53 bits per heavy atom. The van der Waals surface area contributed by atoms with E-state index in [2.05, 4.69) is 5.32 Å². The maximum Gasteiger partial charge on any atom is 0.254 e. The Hall–Kier alpha value is -1.42. The molecule has 1 heterocycles. The molecule has 1 aromatic rings. The van der Waals surface area contributed by atoms with Crippen LogP contribution >= 0.6 is 0 Å². The second-order valence-corrected chi connectivity index (χ2v) is 4.57. The fourth-order valence-corrected chi connectivity index (χ4v) is 2.03. The van der Waals surface area contributed by atoms with Crippen LogP contribution in [-0.2, 0) is 0 Å². The molecule has 0 spiro atoms. The second-order valence-electron chi connectivity index (χ2n) is 4.57. The number of carbonyl (C=O) groups excluding carboxylic acids is 1. The van der Waals surface area contributed by atoms with Crippen LogP contribution in [0.25, 0.3) is 0 Å². The van der Waals surface area contributed by atoms with Crippen LogP contribution in [-0.4, -0.2) is 36.5 Å². The average molecular weight is 236 g/mol. The van der Waals surface area contributed by atoms with E-state index in [1.165, 1.54) is 6.07 Å². The molecule has 17 heavy (non-hydrogen) atoms. The highest BCUT2D eigenvalue weighted by Gasteiger charge is 2.21. The summed E-state index contributed by atoms with van der Waals surface area (Å²) >= 11 is 0. The van der Waals surface area contributed by atoms with Gasteiger partial charge in [0.15, 0.2) is 0 Å². The predicted molar refractivity (Wildman–Crippen MR) is 64.5 cm³/mol. The molecule has 1 fully saturated rings. The highest BCUT2D eigenvalue weighted by Crippen LogP contribution is 2.12. The number of aryl methyl sites for hydroxylation is 1. The first-order valence-electron chi connectivity index (χ1n) is 5.87. The molecule has 0 radical (unpaired) electrons. The summed E-state index contributed by atoms with van der Waals surface area (Å²) in [5.41, 5.74) is 0.998. The molecule has 1 atom stereocenters. The van der Waals surface area contributed by atoms with Crippen LogP contribution in [0.15, 0.2) is 18.2 Å². The third-order valence-electron chi connectivity index (χ3n) is 3.07. The molecule has 92 valence electrons. The van der Waals surface area contributed by atoms with Crippen molar-refractivity contribution in [3.63, 3.8) is 0 Å². The molecule has 0 saturated carbocycles. The average Bonchev–Trinajstić information content (AvgIpc) is 2.32. The number of hydrogen-bond acceptors (Lipinski definition) is 2. The smallest absolute Gasteiger partial charge is 0.254 e. The summed E-state index contributed by atoms with van der Waals surface area (Å²) in [5, 5.41) is 3.27. The molecule has 3 nitrogen and oxygen atoms in total. The van der Waals surface area contributed by atoms with E-state index in [9.17, 15) is 9.18 Å². The number of nitrogens with one attached hydrogen (secondary N) is 1. The van der Waals surface area contributed by atoms with Crippen LogP contribution < -0.4 is 5.32 Å². The number of piperazine rings is 1. The molecule has 0 bridgehead atoms. The Morgan fingerprint density at radius 3 is 2.94 bits per heavy atom. The monoisotopic (exact) mass is 236 g/mol. The van der Waals surface area contributed by atoms with Gasteiger partial charge >= 0.3 is 0 Å². The van der Waals surface area contributed by atoms with Crippen LogP contribution in [0.1, 0.15) is 22.8 Å². The Bertz CT molecular complexity index is 433. The minimum Gasteiger partial charge on any atom is -0.336 e. The highest BCUT2D eigenvalue weighted by atomic mass is 19.1. The number of halogens is 1. The Labute approximate surface area is 101 Å². The summed E-state index contributed by atoms with van der Waals surface area (Å²) in [6.45, 7) is 5.87. The fraction of sp³-hybridized carbons (Fsp3) is 0.462. The summed E-state index contributed by atoms with van der Waals surface area (Å²) in [6, 6.07) is 4.95. The van der Waals surface area contributed by atoms with Crippen molar-refractivity contribution in [2.75, 3.05) is 19.6 Å². The van der Waals surface area contributed by atoms with E-state index < -0.39 is 0 Å². The predicted octanol–water partition coefficient (Wildman–Crippen LogP) is 1.57. The normalized spacial score (nSPS) is 20.4. The van der Waals surface area contributed by atoms with E-state index in [4.69, 9.17) is 0 Å². The number of hydrogen-bond donors (Lipinski definition) is 1. The first-order chi connectivity index (χ1) is 8.08. The van der Waals surface area contributed by atoms with Gasteiger partial charge in [0.05, 0.1) is 0 Å². The third kappa shape index (κ3) is 2.64. The zero-order valence-electron chi connectivity index (χ0n) is 10.2. The summed E-state index contributed by atoms with van der Waals surface area (Å²) < 4.78 is 13.4. The van der Waals surface area contributed by atoms with E-state index in [1.54, 1.807) is 24.0 Å². The first-order valence-corrected chi connectivity index (χ1v) is 5.87. The Kier molecular flexibility index (Phi) is 3.43. The van der Waals surface area contributed by atoms with Crippen molar-refractivity contribution in [3.8, 4) is 0 Å². The lowest BCUT2D eigenvalue weighted by Crippen LogP contribution is -2.51. The lowest BCUT2D eigenvalue weighted by Gasteiger charge is -2.32. The molecule has 0 aliphatic carbocycles. The SMILES string of the molecule is Cc1ccc(C(=O)N2CCN[C@@H](C)C2)cc1F. The van der Waals surface area contributed by atoms with Crippen LogP contribution in [0.5, 0.6) is 0 Å². The molecule has 2 rings (SSSR count). The van der Waals surface area contributed by atoms with Crippen molar-refractivity contribution in [2.45, 2.75) is 19.9 Å². The zero-order valence-corrected chi connectivity index (χ0v) is 10.2. The molecular weight excluding hydrogens is 219 g/mol. The second kappa shape index (κ2) is 4.84. The topological polar surface area (TPSA) is 32.3 Å². The van der Waals surface area contributed by atoms with Crippen molar-refractivity contribution >= 4 is 5.91 Å². The van der Waals surface area contributed by atoms with E-state index in [-0.39, 0.29) is 11.7 Å². The van der Waals surface area contributed by atoms with E-state index in [0.717, 1.165) is 6.54 Å². The summed E-state index contributed by atoms with van der Waals surface area (Å²) in [5.74, 6) is -0.406. The molecule has 1 aliphatic heterocycles. The van der Waals surface area contributed by atoms with Crippen molar-refractivity contribution < 1.29 is 9.18 Å². The number of benzene rings is 1. The van der Waals surface area contributed by atoms with E-state index in [1.807, 2.05) is 6.92 Å². The van der Waals surface area contributed by atoms with E-state index >= 15 is 0 Å². The van der Waals surface area contributed by atoms with Gasteiger partial charge in [-0.05, 0) is 31.5 Å². The maximum atomic E-state index is 13.4. The van der Waals surface area contributed by atoms with Gasteiger partial charge in [0, 0.05) is 31.2 Å². The first kappa shape index (κ1) is 12.0. The Morgan fingerprint density at radius 2 is 2.29 bits per heavy atom. The maximum absolute atomic E-state index is 13.4. The van der Waals surface area contributed by atoms with Crippen molar-refractivity contribution in [2.24, 2.45) is 0 Å². The molecule has 1 saturated heterocycles.